The van der Waals surface area contributed by atoms with Gasteiger partial charge in [-0.1, -0.05) is 79.5 Å². The van der Waals surface area contributed by atoms with Crippen LogP contribution in [-0.2, 0) is 23.9 Å². The van der Waals surface area contributed by atoms with Crippen LogP contribution >= 0.6 is 11.6 Å². The van der Waals surface area contributed by atoms with Crippen LogP contribution in [0, 0.1) is 68.0 Å². The fraction of sp³-hybridized carbons (Fsp3) is 0.740. The minimum absolute atomic E-state index is 0.00590. The van der Waals surface area contributed by atoms with Gasteiger partial charge in [0.15, 0.2) is 5.78 Å². The summed E-state index contributed by atoms with van der Waals surface area (Å²) in [6, 6.07) is 6.45. The van der Waals surface area contributed by atoms with Crippen molar-refractivity contribution in [2.45, 2.75) is 158 Å². The van der Waals surface area contributed by atoms with Gasteiger partial charge in [-0.25, -0.2) is 0 Å². The molecule has 0 spiro atoms. The van der Waals surface area contributed by atoms with Gasteiger partial charge in [-0.05, 0) is 147 Å². The minimum atomic E-state index is -1.27. The van der Waals surface area contributed by atoms with Crippen LogP contribution in [0.25, 0.3) is 0 Å². The molecule has 2 amide bonds. The number of carbonyl (C=O) groups is 5. The Morgan fingerprint density at radius 3 is 2.11 bits per heavy atom. The zero-order chi connectivity index (χ0) is 45.0. The quantitative estimate of drug-likeness (QED) is 0.170. The van der Waals surface area contributed by atoms with Gasteiger partial charge in [0.1, 0.15) is 11.6 Å². The highest BCUT2D eigenvalue weighted by Crippen LogP contribution is 2.77. The van der Waals surface area contributed by atoms with E-state index in [9.17, 15) is 34.2 Å². The average molecular weight is 864 g/mol. The van der Waals surface area contributed by atoms with Crippen LogP contribution in [0.2, 0.25) is 5.02 Å². The molecule has 11 atom stereocenters. The SMILES string of the molecule is CC(C)C1=C2[C@H]3CC[C@@H]4[C@@]5(C)CC[C@H](OC(=O)[C@H]6C[C@@H](C(=O)O)C6(C)C)C(C)(C)[C@@H]5CC[C@@]4(C)[C@]3(C)CC[C@@]2([C@@H](O)CNC(=O)C(C)(C)NC(=O)c2ccc(Cl)cc2)CC1=O. The maximum Gasteiger partial charge on any atom is 0.309 e. The summed E-state index contributed by atoms with van der Waals surface area (Å²) in [5, 5.41) is 28.3. The molecule has 0 saturated heterocycles. The predicted molar refractivity (Wildman–Crippen MR) is 234 cm³/mol. The van der Waals surface area contributed by atoms with Gasteiger partial charge in [-0.15, -0.1) is 0 Å². The van der Waals surface area contributed by atoms with Crippen LogP contribution in [-0.4, -0.2) is 64.0 Å². The second kappa shape index (κ2) is 15.2. The number of carbonyl (C=O) groups excluding carboxylic acids is 4. The highest BCUT2D eigenvalue weighted by molar-refractivity contribution is 6.30. The molecule has 10 nitrogen and oxygen atoms in total. The van der Waals surface area contributed by atoms with E-state index in [-0.39, 0.29) is 64.3 Å². The third-order valence-corrected chi connectivity index (χ3v) is 19.0. The van der Waals surface area contributed by atoms with Gasteiger partial charge in [0.05, 0.1) is 17.9 Å². The predicted octanol–water partition coefficient (Wildman–Crippen LogP) is 8.96. The highest BCUT2D eigenvalue weighted by Gasteiger charge is 2.71. The molecule has 0 bridgehead atoms. The van der Waals surface area contributed by atoms with E-state index in [0.717, 1.165) is 56.1 Å². The number of carboxylic acid groups (broad SMARTS) is 1. The van der Waals surface area contributed by atoms with Gasteiger partial charge >= 0.3 is 11.9 Å². The van der Waals surface area contributed by atoms with Crippen molar-refractivity contribution in [2.75, 3.05) is 6.54 Å². The van der Waals surface area contributed by atoms with E-state index in [2.05, 4.69) is 59.1 Å². The number of halogens is 1. The van der Waals surface area contributed by atoms with Crippen molar-refractivity contribution < 1.29 is 38.9 Å². The number of ether oxygens (including phenoxy) is 1. The monoisotopic (exact) mass is 862 g/mol. The van der Waals surface area contributed by atoms with Crippen LogP contribution in [0.5, 0.6) is 0 Å². The summed E-state index contributed by atoms with van der Waals surface area (Å²) in [7, 11) is 0. The molecule has 61 heavy (non-hydrogen) atoms. The van der Waals surface area contributed by atoms with Crippen LogP contribution in [0.4, 0.5) is 0 Å². The second-order valence-electron chi connectivity index (χ2n) is 23.0. The van der Waals surface area contributed by atoms with Crippen LogP contribution < -0.4 is 10.6 Å². The first-order chi connectivity index (χ1) is 28.2. The Morgan fingerprint density at radius 1 is 0.852 bits per heavy atom. The summed E-state index contributed by atoms with van der Waals surface area (Å²) in [6.45, 7) is 23.2. The normalized spacial score (nSPS) is 37.9. The van der Waals surface area contributed by atoms with E-state index >= 15 is 0 Å². The first-order valence-corrected chi connectivity index (χ1v) is 23.3. The van der Waals surface area contributed by atoms with Crippen molar-refractivity contribution in [2.24, 2.45) is 68.0 Å². The van der Waals surface area contributed by atoms with Crippen molar-refractivity contribution in [1.82, 2.24) is 10.6 Å². The molecule has 0 heterocycles. The summed E-state index contributed by atoms with van der Waals surface area (Å²) in [5.41, 5.74) is -0.747. The molecule has 1 aromatic carbocycles. The maximum absolute atomic E-state index is 14.2. The molecule has 0 unspecified atom stereocenters. The third-order valence-electron chi connectivity index (χ3n) is 18.7. The molecule has 0 aromatic heterocycles. The summed E-state index contributed by atoms with van der Waals surface area (Å²) in [5.74, 6) is -1.93. The number of aliphatic hydroxyl groups excluding tert-OH is 1. The third kappa shape index (κ3) is 6.93. The Bertz CT molecular complexity index is 2020. The van der Waals surface area contributed by atoms with Gasteiger partial charge in [0, 0.05) is 34.4 Å². The number of carboxylic acids is 1. The molecule has 5 fully saturated rings. The number of benzene rings is 1. The molecule has 1 aromatic rings. The standard InChI is InChI=1S/C50H71ClN2O8/c1-27(2)38-33(54)25-50(36(55)26-52-43(60)46(7,8)53-40(56)28-12-14-29(51)15-13-28)23-22-48(10)30(39(38)50)16-17-35-47(9)20-19-37(45(5,6)34(47)18-21-49(35,48)11)61-42(59)32-24-31(41(57)58)44(32,3)4/h12-15,27,30-32,34-37,55H,16-26H2,1-11H3,(H,52,60)(H,53,56)(H,57,58)/t30-,31+,32-,34+,35-,36+,37+,47+,48-,49-,50+/m1/s1. The van der Waals surface area contributed by atoms with Crippen molar-refractivity contribution in [3.8, 4) is 0 Å². The number of allylic oxidation sites excluding steroid dienone is 1. The van der Waals surface area contributed by atoms with Gasteiger partial charge in [-0.3, -0.25) is 24.0 Å². The number of Topliss-reactive ketones (excluding diaryl/α,β-unsaturated/α-hetero) is 1. The Balaban J connectivity index is 1.10. The number of fused-ring (bicyclic) bond motifs is 7. The number of aliphatic hydroxyl groups is 1. The lowest BCUT2D eigenvalue weighted by Gasteiger charge is -2.72. The molecule has 5 saturated carbocycles. The number of hydrogen-bond acceptors (Lipinski definition) is 7. The first kappa shape index (κ1) is 45.8. The number of amides is 2. The largest absolute Gasteiger partial charge is 0.481 e. The zero-order valence-corrected chi connectivity index (χ0v) is 39.2. The van der Waals surface area contributed by atoms with Gasteiger partial charge in [-0.2, -0.15) is 0 Å². The zero-order valence-electron chi connectivity index (χ0n) is 38.4. The van der Waals surface area contributed by atoms with E-state index in [1.807, 2.05) is 13.8 Å². The number of aliphatic carboxylic acids is 1. The Kier molecular flexibility index (Phi) is 11.4. The van der Waals surface area contributed by atoms with Crippen LogP contribution in [0.15, 0.2) is 35.4 Å². The molecule has 336 valence electrons. The summed E-state index contributed by atoms with van der Waals surface area (Å²) in [4.78, 5) is 66.4. The fourth-order valence-corrected chi connectivity index (χ4v) is 15.0. The molecule has 11 heteroatoms. The summed E-state index contributed by atoms with van der Waals surface area (Å²) >= 11 is 6.01. The van der Waals surface area contributed by atoms with E-state index in [1.54, 1.807) is 38.1 Å². The Hall–Kier alpha value is -3.24. The van der Waals surface area contributed by atoms with Gasteiger partial charge in [0.25, 0.3) is 5.91 Å². The van der Waals surface area contributed by atoms with E-state index in [0.29, 0.717) is 35.3 Å². The number of ketones is 1. The Morgan fingerprint density at radius 2 is 1.51 bits per heavy atom. The van der Waals surface area contributed by atoms with Gasteiger partial charge < -0.3 is 25.6 Å². The van der Waals surface area contributed by atoms with Gasteiger partial charge in [0.2, 0.25) is 5.91 Å². The molecular formula is C50H71ClN2O8. The topological polar surface area (TPSA) is 159 Å². The molecular weight excluding hydrogens is 792 g/mol. The van der Waals surface area contributed by atoms with Crippen LogP contribution in [0.1, 0.15) is 151 Å². The molecule has 6 aliphatic rings. The van der Waals surface area contributed by atoms with Crippen molar-refractivity contribution in [1.29, 1.82) is 0 Å². The summed E-state index contributed by atoms with van der Waals surface area (Å²) in [6.07, 6.45) is 6.51. The molecule has 0 radical (unpaired) electrons. The Labute approximate surface area is 368 Å². The molecule has 6 aliphatic carbocycles. The van der Waals surface area contributed by atoms with E-state index in [1.165, 1.54) is 0 Å². The molecule has 7 rings (SSSR count). The minimum Gasteiger partial charge on any atom is -0.481 e. The van der Waals surface area contributed by atoms with E-state index < -0.39 is 52.1 Å². The fourth-order valence-electron chi connectivity index (χ4n) is 14.9. The maximum atomic E-state index is 14.2. The lowest BCUT2D eigenvalue weighted by molar-refractivity contribution is -0.238. The molecule has 4 N–H and O–H groups in total. The average Bonchev–Trinajstić information content (AvgIpc) is 3.47. The lowest BCUT2D eigenvalue weighted by atomic mass is 9.33. The molecule has 0 aliphatic heterocycles. The number of rotatable bonds is 10. The number of nitrogens with one attached hydrogen (secondary N) is 2. The highest BCUT2D eigenvalue weighted by atomic mass is 35.5. The first-order valence-electron chi connectivity index (χ1n) is 22.9. The van der Waals surface area contributed by atoms with Crippen molar-refractivity contribution in [3.63, 3.8) is 0 Å². The van der Waals surface area contributed by atoms with Crippen molar-refractivity contribution in [3.05, 3.63) is 46.0 Å². The lowest BCUT2D eigenvalue weighted by Crippen LogP contribution is -2.66. The second-order valence-corrected chi connectivity index (χ2v) is 23.4. The number of hydrogen-bond donors (Lipinski definition) is 4. The number of esters is 1. The van der Waals surface area contributed by atoms with Crippen LogP contribution in [0.3, 0.4) is 0 Å². The smallest absolute Gasteiger partial charge is 0.309 e. The van der Waals surface area contributed by atoms with E-state index in [4.69, 9.17) is 16.3 Å². The van der Waals surface area contributed by atoms with Crippen molar-refractivity contribution >= 4 is 41.1 Å². The summed E-state index contributed by atoms with van der Waals surface area (Å²) < 4.78 is 6.41.